The van der Waals surface area contributed by atoms with E-state index in [1.807, 2.05) is 29.8 Å². The highest BCUT2D eigenvalue weighted by Crippen LogP contribution is 2.14. The first-order chi connectivity index (χ1) is 5.79. The van der Waals surface area contributed by atoms with Gasteiger partial charge >= 0.3 is 5.91 Å². The van der Waals surface area contributed by atoms with Crippen LogP contribution in [0.1, 0.15) is 11.7 Å². The third-order valence-electron chi connectivity index (χ3n) is 1.75. The maximum atomic E-state index is 11.1. The van der Waals surface area contributed by atoms with E-state index in [-0.39, 0.29) is 5.91 Å². The summed E-state index contributed by atoms with van der Waals surface area (Å²) >= 11 is 1.58. The summed E-state index contributed by atoms with van der Waals surface area (Å²) in [4.78, 5) is 11.1. The van der Waals surface area contributed by atoms with Gasteiger partial charge in [-0.25, -0.2) is 4.79 Å². The van der Waals surface area contributed by atoms with Crippen LogP contribution in [0.15, 0.2) is 29.8 Å². The summed E-state index contributed by atoms with van der Waals surface area (Å²) in [7, 11) is 0. The van der Waals surface area contributed by atoms with E-state index in [9.17, 15) is 4.79 Å². The second-order valence-electron chi connectivity index (χ2n) is 2.58. The molecular formula is C9H8NOS+. The summed E-state index contributed by atoms with van der Waals surface area (Å²) in [5.41, 5.74) is 2.84. The maximum absolute atomic E-state index is 11.1. The largest absolute Gasteiger partial charge is 0.390 e. The summed E-state index contributed by atoms with van der Waals surface area (Å²) in [5, 5.41) is 0. The zero-order valence-electron chi connectivity index (χ0n) is 6.65. The van der Waals surface area contributed by atoms with E-state index in [4.69, 9.17) is 0 Å². The number of carbonyl (C=O) groups excluding carboxylic acids is 1. The molecule has 2 nitrogen and oxygen atoms in total. The normalized spacial score (nSPS) is 10.4. The first kappa shape index (κ1) is 7.43. The number of fused-ring (bicyclic) bond motifs is 1. The van der Waals surface area contributed by atoms with Gasteiger partial charge in [-0.1, -0.05) is 23.5 Å². The number of thiazole rings is 1. The van der Waals surface area contributed by atoms with Gasteiger partial charge in [0.25, 0.3) is 0 Å². The number of hydrogen-bond donors (Lipinski definition) is 0. The van der Waals surface area contributed by atoms with E-state index in [1.165, 1.54) is 0 Å². The fourth-order valence-electron chi connectivity index (χ4n) is 1.17. The summed E-state index contributed by atoms with van der Waals surface area (Å²) in [6.07, 6.45) is 0. The fraction of sp³-hybridized carbons (Fsp3) is 0.111. The van der Waals surface area contributed by atoms with E-state index in [0.717, 1.165) is 10.2 Å². The lowest BCUT2D eigenvalue weighted by molar-refractivity contribution is -0.539. The summed E-state index contributed by atoms with van der Waals surface area (Å²) in [6, 6.07) is 7.88. The van der Waals surface area contributed by atoms with E-state index in [2.05, 4.69) is 0 Å². The van der Waals surface area contributed by atoms with Gasteiger partial charge in [0.05, 0.1) is 6.92 Å². The minimum absolute atomic E-state index is 0.0625. The predicted octanol–water partition coefficient (Wildman–Crippen LogP) is 1.85. The topological polar surface area (TPSA) is 20.9 Å². The zero-order valence-corrected chi connectivity index (χ0v) is 7.47. The van der Waals surface area contributed by atoms with Crippen LogP contribution in [0.5, 0.6) is 0 Å². The smallest absolute Gasteiger partial charge is 0.219 e. The lowest BCUT2D eigenvalue weighted by Gasteiger charge is -1.84. The first-order valence-electron chi connectivity index (χ1n) is 3.68. The molecule has 0 bridgehead atoms. The molecule has 12 heavy (non-hydrogen) atoms. The molecule has 1 heterocycles. The van der Waals surface area contributed by atoms with Gasteiger partial charge in [-0.05, 0) is 6.07 Å². The van der Waals surface area contributed by atoms with Crippen LogP contribution < -0.4 is 4.57 Å². The molecule has 0 unspecified atom stereocenters. The molecule has 0 spiro atoms. The molecule has 3 heteroatoms. The Labute approximate surface area is 74.1 Å². The molecule has 0 aliphatic rings. The molecular weight excluding hydrogens is 170 g/mol. The number of aromatic nitrogens is 1. The molecule has 1 aromatic carbocycles. The number of para-hydroxylation sites is 1. The minimum Gasteiger partial charge on any atom is -0.219 e. The van der Waals surface area contributed by atoms with Crippen molar-refractivity contribution in [3.63, 3.8) is 0 Å². The Balaban J connectivity index is 2.79. The summed E-state index contributed by atoms with van der Waals surface area (Å²) in [6.45, 7) is 1.57. The van der Waals surface area contributed by atoms with Gasteiger partial charge in [-0.3, -0.25) is 0 Å². The van der Waals surface area contributed by atoms with Crippen LogP contribution >= 0.6 is 11.3 Å². The third-order valence-corrected chi connectivity index (χ3v) is 2.66. The van der Waals surface area contributed by atoms with Crippen LogP contribution in [0.3, 0.4) is 0 Å². The molecule has 2 rings (SSSR count). The van der Waals surface area contributed by atoms with Gasteiger partial charge in [0, 0.05) is 6.07 Å². The molecule has 0 amide bonds. The van der Waals surface area contributed by atoms with Crippen LogP contribution in [-0.2, 0) is 0 Å². The molecule has 0 radical (unpaired) electrons. The highest BCUT2D eigenvalue weighted by molar-refractivity contribution is 7.16. The average molecular weight is 178 g/mol. The number of hydrogen-bond acceptors (Lipinski definition) is 2. The average Bonchev–Trinajstić information content (AvgIpc) is 2.47. The molecule has 0 saturated heterocycles. The fourth-order valence-corrected chi connectivity index (χ4v) is 2.09. The molecule has 0 saturated carbocycles. The second-order valence-corrected chi connectivity index (χ2v) is 3.47. The van der Waals surface area contributed by atoms with Gasteiger partial charge < -0.3 is 0 Å². The molecule has 0 aliphatic carbocycles. The van der Waals surface area contributed by atoms with Crippen LogP contribution in [-0.4, -0.2) is 5.91 Å². The van der Waals surface area contributed by atoms with Gasteiger partial charge in [0.1, 0.15) is 4.70 Å². The Bertz CT molecular complexity index is 433. The van der Waals surface area contributed by atoms with Crippen molar-refractivity contribution in [3.8, 4) is 0 Å². The minimum atomic E-state index is 0.0625. The lowest BCUT2D eigenvalue weighted by Crippen LogP contribution is -2.38. The molecule has 0 atom stereocenters. The molecule has 0 aliphatic heterocycles. The zero-order chi connectivity index (χ0) is 8.55. The Morgan fingerprint density at radius 1 is 1.42 bits per heavy atom. The van der Waals surface area contributed by atoms with Crippen LogP contribution in [0.2, 0.25) is 0 Å². The lowest BCUT2D eigenvalue weighted by atomic mass is 10.3. The van der Waals surface area contributed by atoms with Gasteiger partial charge in [-0.2, -0.15) is 0 Å². The maximum Gasteiger partial charge on any atom is 0.390 e. The third kappa shape index (κ3) is 1.02. The van der Waals surface area contributed by atoms with Gasteiger partial charge in [0.2, 0.25) is 11.0 Å². The molecule has 0 N–H and O–H groups in total. The SMILES string of the molecule is CC(=O)[n+]1csc2ccccc21. The Morgan fingerprint density at radius 2 is 2.17 bits per heavy atom. The van der Waals surface area contributed by atoms with E-state index in [1.54, 1.807) is 22.8 Å². The molecule has 60 valence electrons. The summed E-state index contributed by atoms with van der Waals surface area (Å²) in [5.74, 6) is 0.0625. The van der Waals surface area contributed by atoms with Crippen LogP contribution in [0, 0.1) is 0 Å². The van der Waals surface area contributed by atoms with Crippen molar-refractivity contribution in [2.75, 3.05) is 0 Å². The van der Waals surface area contributed by atoms with Crippen molar-refractivity contribution in [2.45, 2.75) is 6.92 Å². The standard InChI is InChI=1S/C9H8NOS/c1-7(11)10-6-12-9-5-3-2-4-8(9)10/h2-6H,1H3/q+1. The summed E-state index contributed by atoms with van der Waals surface area (Å²) < 4.78 is 2.81. The highest BCUT2D eigenvalue weighted by Gasteiger charge is 2.14. The van der Waals surface area contributed by atoms with Crippen molar-refractivity contribution >= 4 is 27.5 Å². The van der Waals surface area contributed by atoms with Crippen molar-refractivity contribution in [2.24, 2.45) is 0 Å². The predicted molar refractivity (Wildman–Crippen MR) is 48.3 cm³/mol. The Morgan fingerprint density at radius 3 is 2.92 bits per heavy atom. The number of rotatable bonds is 0. The first-order valence-corrected chi connectivity index (χ1v) is 4.56. The van der Waals surface area contributed by atoms with Crippen molar-refractivity contribution < 1.29 is 9.36 Å². The van der Waals surface area contributed by atoms with Gasteiger partial charge in [0.15, 0.2) is 0 Å². The number of carbonyl (C=O) groups is 1. The molecule has 2 aromatic rings. The van der Waals surface area contributed by atoms with Gasteiger partial charge in [-0.15, -0.1) is 4.57 Å². The number of benzene rings is 1. The molecule has 0 fully saturated rings. The highest BCUT2D eigenvalue weighted by atomic mass is 32.1. The quantitative estimate of drug-likeness (QED) is 0.564. The molecule has 1 aromatic heterocycles. The number of nitrogens with zero attached hydrogens (tertiary/aromatic N) is 1. The van der Waals surface area contributed by atoms with E-state index < -0.39 is 0 Å². The van der Waals surface area contributed by atoms with Crippen molar-refractivity contribution in [1.29, 1.82) is 0 Å². The monoisotopic (exact) mass is 178 g/mol. The Kier molecular flexibility index (Phi) is 1.66. The van der Waals surface area contributed by atoms with Crippen molar-refractivity contribution in [1.82, 2.24) is 0 Å². The Hall–Kier alpha value is -1.22. The van der Waals surface area contributed by atoms with E-state index >= 15 is 0 Å². The van der Waals surface area contributed by atoms with E-state index in [0.29, 0.717) is 0 Å². The van der Waals surface area contributed by atoms with Crippen LogP contribution in [0.25, 0.3) is 10.2 Å². The van der Waals surface area contributed by atoms with Crippen molar-refractivity contribution in [3.05, 3.63) is 29.8 Å². The van der Waals surface area contributed by atoms with Crippen LogP contribution in [0.4, 0.5) is 0 Å². The second kappa shape index (κ2) is 2.68.